The molecule has 0 unspecified atom stereocenters. The van der Waals surface area contributed by atoms with Gasteiger partial charge in [0, 0.05) is 29.2 Å². The Hall–Kier alpha value is -3.02. The zero-order chi connectivity index (χ0) is 24.6. The maximum atomic E-state index is 13.1. The Morgan fingerprint density at radius 2 is 1.45 bits per heavy atom. The van der Waals surface area contributed by atoms with E-state index in [4.69, 9.17) is 0 Å². The molecule has 0 aliphatic rings. The first-order chi connectivity index (χ1) is 15.1. The van der Waals surface area contributed by atoms with E-state index in [2.05, 4.69) is 9.97 Å². The monoisotopic (exact) mass is 454 g/mol. The molecule has 0 N–H and O–H groups in total. The minimum absolute atomic E-state index is 0.0216. The van der Waals surface area contributed by atoms with Crippen molar-refractivity contribution in [2.24, 2.45) is 5.41 Å². The highest BCUT2D eigenvalue weighted by Gasteiger charge is 2.30. The lowest BCUT2D eigenvalue weighted by molar-refractivity contribution is -0.137. The van der Waals surface area contributed by atoms with Crippen molar-refractivity contribution in [2.45, 2.75) is 59.6 Å². The number of ketones is 1. The van der Waals surface area contributed by atoms with Crippen LogP contribution in [-0.4, -0.2) is 15.8 Å². The van der Waals surface area contributed by atoms with Gasteiger partial charge in [0.1, 0.15) is 6.33 Å². The van der Waals surface area contributed by atoms with Crippen LogP contribution in [0, 0.1) is 5.41 Å². The second-order valence-electron chi connectivity index (χ2n) is 10.6. The average Bonchev–Trinajstić information content (AvgIpc) is 2.71. The first kappa shape index (κ1) is 24.6. The Bertz CT molecular complexity index is 1150. The average molecular weight is 455 g/mol. The van der Waals surface area contributed by atoms with E-state index in [1.54, 1.807) is 12.3 Å². The van der Waals surface area contributed by atoms with Gasteiger partial charge >= 0.3 is 6.18 Å². The molecule has 0 aliphatic heterocycles. The number of hydrogen-bond acceptors (Lipinski definition) is 3. The summed E-state index contributed by atoms with van der Waals surface area (Å²) in [4.78, 5) is 21.8. The van der Waals surface area contributed by atoms with E-state index < -0.39 is 11.7 Å². The number of Topliss-reactive ketones (excluding diaryl/α,β-unsaturated/α-hetero) is 1. The van der Waals surface area contributed by atoms with Crippen LogP contribution in [0.25, 0.3) is 22.3 Å². The van der Waals surface area contributed by atoms with E-state index in [0.717, 1.165) is 29.0 Å². The second-order valence-corrected chi connectivity index (χ2v) is 10.6. The summed E-state index contributed by atoms with van der Waals surface area (Å²) in [5, 5.41) is 0. The van der Waals surface area contributed by atoms with E-state index >= 15 is 0 Å². The molecule has 0 radical (unpaired) electrons. The molecule has 0 atom stereocenters. The molecule has 3 rings (SSSR count). The van der Waals surface area contributed by atoms with Crippen LogP contribution < -0.4 is 0 Å². The standard InChI is InChI=1S/C27H29F3N2O/c1-25(2,3)14-23(33)20-12-18(17-7-9-21(10-8-17)27(28,29)30)11-19(13-20)22-15-31-16-32-24(22)26(4,5)6/h7-13,15-16H,14H2,1-6H3. The van der Waals surface area contributed by atoms with Gasteiger partial charge in [-0.05, 0) is 52.4 Å². The summed E-state index contributed by atoms with van der Waals surface area (Å²) in [5.74, 6) is -0.0216. The SMILES string of the molecule is CC(C)(C)CC(=O)c1cc(-c2ccc(C(F)(F)F)cc2)cc(-c2cncnc2C(C)(C)C)c1. The molecule has 0 spiro atoms. The van der Waals surface area contributed by atoms with Gasteiger partial charge in [-0.25, -0.2) is 9.97 Å². The first-order valence-electron chi connectivity index (χ1n) is 10.8. The van der Waals surface area contributed by atoms with Crippen LogP contribution in [0.15, 0.2) is 55.0 Å². The highest BCUT2D eigenvalue weighted by Crippen LogP contribution is 2.36. The zero-order valence-electron chi connectivity index (χ0n) is 19.8. The lowest BCUT2D eigenvalue weighted by atomic mass is 9.84. The van der Waals surface area contributed by atoms with Crippen LogP contribution in [0.3, 0.4) is 0 Å². The molecule has 3 aromatic rings. The predicted octanol–water partition coefficient (Wildman–Crippen LogP) is 7.75. The van der Waals surface area contributed by atoms with E-state index in [9.17, 15) is 18.0 Å². The minimum atomic E-state index is -4.41. The van der Waals surface area contributed by atoms with Crippen LogP contribution in [0.1, 0.15) is 69.6 Å². The summed E-state index contributed by atoms with van der Waals surface area (Å²) in [5.41, 5.74) is 2.99. The molecule has 0 fully saturated rings. The third-order valence-electron chi connectivity index (χ3n) is 5.23. The Morgan fingerprint density at radius 1 is 0.848 bits per heavy atom. The number of benzene rings is 2. The van der Waals surface area contributed by atoms with Gasteiger partial charge in [0.25, 0.3) is 0 Å². The molecule has 33 heavy (non-hydrogen) atoms. The van der Waals surface area contributed by atoms with Crippen molar-refractivity contribution in [2.75, 3.05) is 0 Å². The highest BCUT2D eigenvalue weighted by molar-refractivity contribution is 5.99. The molecule has 1 aromatic heterocycles. The predicted molar refractivity (Wildman–Crippen MR) is 125 cm³/mol. The third-order valence-corrected chi connectivity index (χ3v) is 5.23. The number of carbonyl (C=O) groups is 1. The molecule has 174 valence electrons. The summed E-state index contributed by atoms with van der Waals surface area (Å²) in [7, 11) is 0. The molecular weight excluding hydrogens is 425 g/mol. The zero-order valence-corrected chi connectivity index (χ0v) is 19.8. The molecule has 0 aliphatic carbocycles. The summed E-state index contributed by atoms with van der Waals surface area (Å²) >= 11 is 0. The molecule has 1 heterocycles. The van der Waals surface area contributed by atoms with Crippen LogP contribution in [0.4, 0.5) is 13.2 Å². The molecule has 2 aromatic carbocycles. The fourth-order valence-electron chi connectivity index (χ4n) is 3.68. The fourth-order valence-corrected chi connectivity index (χ4v) is 3.68. The van der Waals surface area contributed by atoms with Crippen molar-refractivity contribution in [3.63, 3.8) is 0 Å². The number of nitrogens with zero attached hydrogens (tertiary/aromatic N) is 2. The number of aromatic nitrogens is 2. The highest BCUT2D eigenvalue weighted by atomic mass is 19.4. The molecule has 0 amide bonds. The topological polar surface area (TPSA) is 42.9 Å². The van der Waals surface area contributed by atoms with Gasteiger partial charge in [-0.15, -0.1) is 0 Å². The Kier molecular flexibility index (Phi) is 6.51. The van der Waals surface area contributed by atoms with Crippen molar-refractivity contribution in [1.29, 1.82) is 0 Å². The molecule has 3 nitrogen and oxygen atoms in total. The van der Waals surface area contributed by atoms with Crippen LogP contribution >= 0.6 is 0 Å². The van der Waals surface area contributed by atoms with Crippen LogP contribution in [-0.2, 0) is 11.6 Å². The van der Waals surface area contributed by atoms with E-state index in [-0.39, 0.29) is 16.6 Å². The van der Waals surface area contributed by atoms with Gasteiger partial charge in [-0.2, -0.15) is 13.2 Å². The maximum Gasteiger partial charge on any atom is 0.416 e. The van der Waals surface area contributed by atoms with E-state index in [1.807, 2.05) is 53.7 Å². The lowest BCUT2D eigenvalue weighted by Crippen LogP contribution is -2.16. The van der Waals surface area contributed by atoms with Crippen LogP contribution in [0.2, 0.25) is 0 Å². The summed E-state index contributed by atoms with van der Waals surface area (Å²) in [6.07, 6.45) is -0.843. The van der Waals surface area contributed by atoms with Crippen LogP contribution in [0.5, 0.6) is 0 Å². The van der Waals surface area contributed by atoms with Crippen molar-refractivity contribution in [3.05, 3.63) is 71.8 Å². The Labute approximate surface area is 193 Å². The van der Waals surface area contributed by atoms with Crippen molar-refractivity contribution >= 4 is 5.78 Å². The third kappa shape index (κ3) is 6.06. The largest absolute Gasteiger partial charge is 0.416 e. The van der Waals surface area contributed by atoms with Crippen molar-refractivity contribution < 1.29 is 18.0 Å². The van der Waals surface area contributed by atoms with Gasteiger partial charge in [-0.1, -0.05) is 53.7 Å². The van der Waals surface area contributed by atoms with E-state index in [1.165, 1.54) is 18.5 Å². The molecular formula is C27H29F3N2O. The number of rotatable bonds is 4. The van der Waals surface area contributed by atoms with Gasteiger partial charge in [0.2, 0.25) is 0 Å². The second kappa shape index (κ2) is 8.73. The summed E-state index contributed by atoms with van der Waals surface area (Å²) in [6.45, 7) is 12.1. The van der Waals surface area contributed by atoms with E-state index in [0.29, 0.717) is 23.1 Å². The molecule has 6 heteroatoms. The number of carbonyl (C=O) groups excluding carboxylic acids is 1. The van der Waals surface area contributed by atoms with Crippen molar-refractivity contribution in [1.82, 2.24) is 9.97 Å². The number of hydrogen-bond donors (Lipinski definition) is 0. The fraction of sp³-hybridized carbons (Fsp3) is 0.370. The van der Waals surface area contributed by atoms with Gasteiger partial charge in [0.15, 0.2) is 5.78 Å². The minimum Gasteiger partial charge on any atom is -0.294 e. The summed E-state index contributed by atoms with van der Waals surface area (Å²) in [6, 6.07) is 10.5. The first-order valence-corrected chi connectivity index (χ1v) is 10.8. The number of alkyl halides is 3. The van der Waals surface area contributed by atoms with Gasteiger partial charge in [-0.3, -0.25) is 4.79 Å². The number of halogens is 3. The smallest absolute Gasteiger partial charge is 0.294 e. The normalized spacial score (nSPS) is 12.6. The molecule has 0 bridgehead atoms. The molecule has 0 saturated heterocycles. The summed E-state index contributed by atoms with van der Waals surface area (Å²) < 4.78 is 39.1. The van der Waals surface area contributed by atoms with Gasteiger partial charge < -0.3 is 0 Å². The lowest BCUT2D eigenvalue weighted by Gasteiger charge is -2.22. The quantitative estimate of drug-likeness (QED) is 0.379. The van der Waals surface area contributed by atoms with Gasteiger partial charge in [0.05, 0.1) is 11.3 Å². The maximum absolute atomic E-state index is 13.1. The van der Waals surface area contributed by atoms with Crippen molar-refractivity contribution in [3.8, 4) is 22.3 Å². The molecule has 0 saturated carbocycles. The Balaban J connectivity index is 2.19. The Morgan fingerprint density at radius 3 is 2.00 bits per heavy atom.